The van der Waals surface area contributed by atoms with Gasteiger partial charge >= 0.3 is 0 Å². The van der Waals surface area contributed by atoms with Crippen molar-refractivity contribution in [2.24, 2.45) is 0 Å². The molecule has 0 fully saturated rings. The molecule has 0 amide bonds. The van der Waals surface area contributed by atoms with Gasteiger partial charge in [0.1, 0.15) is 11.4 Å². The van der Waals surface area contributed by atoms with E-state index in [4.69, 9.17) is 10.2 Å². The van der Waals surface area contributed by atoms with Gasteiger partial charge in [-0.05, 0) is 19.1 Å². The molecule has 3 N–H and O–H groups in total. The molecule has 0 radical (unpaired) electrons. The maximum atomic E-state index is 10.6. The molecule has 0 aliphatic heterocycles. The van der Waals surface area contributed by atoms with E-state index in [1.54, 1.807) is 6.92 Å². The number of aliphatic hydroxyl groups is 1. The van der Waals surface area contributed by atoms with Crippen molar-refractivity contribution in [3.63, 3.8) is 0 Å². The van der Waals surface area contributed by atoms with Crippen LogP contribution in [0.1, 0.15) is 6.92 Å². The molecule has 0 bridgehead atoms. The first-order valence-corrected chi connectivity index (χ1v) is 4.39. The lowest BCUT2D eigenvalue weighted by Gasteiger charge is -2.12. The van der Waals surface area contributed by atoms with Crippen LogP contribution in [0.25, 0.3) is 0 Å². The Labute approximate surface area is 86.3 Å². The summed E-state index contributed by atoms with van der Waals surface area (Å²) in [6.07, 6.45) is 0. The Morgan fingerprint density at radius 1 is 1.60 bits per heavy atom. The molecule has 15 heavy (non-hydrogen) atoms. The Bertz CT molecular complexity index is 367. The number of hydrogen-bond acceptors (Lipinski definition) is 5. The van der Waals surface area contributed by atoms with Gasteiger partial charge in [0.2, 0.25) is 0 Å². The van der Waals surface area contributed by atoms with Crippen molar-refractivity contribution >= 4 is 11.4 Å². The number of nitro benzene ring substituents is 1. The van der Waals surface area contributed by atoms with Crippen molar-refractivity contribution in [1.82, 2.24) is 0 Å². The fourth-order valence-corrected chi connectivity index (χ4v) is 1.10. The number of phenols is 1. The van der Waals surface area contributed by atoms with Crippen LogP contribution in [0.15, 0.2) is 18.2 Å². The minimum atomic E-state index is -0.591. The number of aromatic hydroxyl groups is 1. The molecule has 6 heteroatoms. The first-order chi connectivity index (χ1) is 7.04. The molecule has 1 rings (SSSR count). The number of anilines is 1. The molecule has 1 aromatic carbocycles. The summed E-state index contributed by atoms with van der Waals surface area (Å²) in [4.78, 5) is 10.0. The standard InChI is InChI=1S/C9H12N2O4/c1-6(5-12)10-8-3-2-7(13)4-9(8)11(14)15/h2-4,6,10,12-13H,5H2,1H3. The Morgan fingerprint density at radius 3 is 2.80 bits per heavy atom. The molecule has 0 saturated carbocycles. The summed E-state index contributed by atoms with van der Waals surface area (Å²) < 4.78 is 0. The van der Waals surface area contributed by atoms with Gasteiger partial charge in [-0.1, -0.05) is 0 Å². The first-order valence-electron chi connectivity index (χ1n) is 4.39. The van der Waals surface area contributed by atoms with E-state index in [0.717, 1.165) is 6.07 Å². The highest BCUT2D eigenvalue weighted by molar-refractivity contribution is 5.64. The maximum absolute atomic E-state index is 10.6. The zero-order valence-corrected chi connectivity index (χ0v) is 8.17. The maximum Gasteiger partial charge on any atom is 0.296 e. The van der Waals surface area contributed by atoms with Crippen LogP contribution in [0.5, 0.6) is 5.75 Å². The molecule has 0 aliphatic rings. The van der Waals surface area contributed by atoms with Crippen molar-refractivity contribution in [3.8, 4) is 5.75 Å². The molecule has 6 nitrogen and oxygen atoms in total. The summed E-state index contributed by atoms with van der Waals surface area (Å²) in [6, 6.07) is 3.53. The molecule has 1 unspecified atom stereocenters. The number of hydrogen-bond donors (Lipinski definition) is 3. The molecule has 0 aromatic heterocycles. The van der Waals surface area contributed by atoms with Crippen molar-refractivity contribution < 1.29 is 15.1 Å². The second-order valence-corrected chi connectivity index (χ2v) is 3.19. The Kier molecular flexibility index (Phi) is 3.46. The predicted octanol–water partition coefficient (Wildman–Crippen LogP) is 1.09. The van der Waals surface area contributed by atoms with Gasteiger partial charge in [-0.3, -0.25) is 10.1 Å². The summed E-state index contributed by atoms with van der Waals surface area (Å²) in [5.74, 6) is -0.163. The fourth-order valence-electron chi connectivity index (χ4n) is 1.10. The van der Waals surface area contributed by atoms with Crippen molar-refractivity contribution in [3.05, 3.63) is 28.3 Å². The minimum absolute atomic E-state index is 0.127. The quantitative estimate of drug-likeness (QED) is 0.394. The van der Waals surface area contributed by atoms with Crippen LogP contribution in [0.4, 0.5) is 11.4 Å². The van der Waals surface area contributed by atoms with Gasteiger partial charge in [-0.25, -0.2) is 0 Å². The van der Waals surface area contributed by atoms with E-state index in [0.29, 0.717) is 0 Å². The van der Waals surface area contributed by atoms with E-state index >= 15 is 0 Å². The van der Waals surface area contributed by atoms with E-state index in [1.165, 1.54) is 12.1 Å². The zero-order chi connectivity index (χ0) is 11.4. The van der Waals surface area contributed by atoms with E-state index in [2.05, 4.69) is 5.32 Å². The van der Waals surface area contributed by atoms with Crippen molar-refractivity contribution in [1.29, 1.82) is 0 Å². The highest BCUT2D eigenvalue weighted by Gasteiger charge is 2.15. The van der Waals surface area contributed by atoms with E-state index < -0.39 is 4.92 Å². The van der Waals surface area contributed by atoms with Gasteiger partial charge < -0.3 is 15.5 Å². The zero-order valence-electron chi connectivity index (χ0n) is 8.17. The van der Waals surface area contributed by atoms with Crippen LogP contribution in [-0.4, -0.2) is 27.8 Å². The average molecular weight is 212 g/mol. The van der Waals surface area contributed by atoms with Crippen LogP contribution in [-0.2, 0) is 0 Å². The van der Waals surface area contributed by atoms with Gasteiger partial charge in [0, 0.05) is 6.04 Å². The van der Waals surface area contributed by atoms with Crippen molar-refractivity contribution in [2.45, 2.75) is 13.0 Å². The largest absolute Gasteiger partial charge is 0.508 e. The highest BCUT2D eigenvalue weighted by Crippen LogP contribution is 2.28. The topological polar surface area (TPSA) is 95.6 Å². The lowest BCUT2D eigenvalue weighted by Crippen LogP contribution is -2.19. The molecular formula is C9H12N2O4. The molecule has 0 heterocycles. The third-order valence-corrected chi connectivity index (χ3v) is 1.85. The number of nitrogens with zero attached hydrogens (tertiary/aromatic N) is 1. The lowest BCUT2D eigenvalue weighted by atomic mass is 10.2. The number of benzene rings is 1. The number of phenolic OH excluding ortho intramolecular Hbond substituents is 1. The van der Waals surface area contributed by atoms with Crippen LogP contribution in [0.2, 0.25) is 0 Å². The molecule has 82 valence electrons. The second-order valence-electron chi connectivity index (χ2n) is 3.19. The third-order valence-electron chi connectivity index (χ3n) is 1.85. The second kappa shape index (κ2) is 4.61. The molecular weight excluding hydrogens is 200 g/mol. The minimum Gasteiger partial charge on any atom is -0.508 e. The van der Waals surface area contributed by atoms with Gasteiger partial charge in [-0.15, -0.1) is 0 Å². The average Bonchev–Trinajstić information content (AvgIpc) is 2.20. The number of nitro groups is 1. The summed E-state index contributed by atoms with van der Waals surface area (Å²) >= 11 is 0. The summed E-state index contributed by atoms with van der Waals surface area (Å²) in [7, 11) is 0. The predicted molar refractivity (Wildman–Crippen MR) is 54.9 cm³/mol. The van der Waals surface area contributed by atoms with E-state index in [9.17, 15) is 10.1 Å². The Balaban J connectivity index is 3.01. The normalized spacial score (nSPS) is 12.1. The number of aliphatic hydroxyl groups excluding tert-OH is 1. The summed E-state index contributed by atoms with van der Waals surface area (Å²) in [5, 5.41) is 31.3. The molecule has 1 aromatic rings. The van der Waals surface area contributed by atoms with Gasteiger partial charge in [0.25, 0.3) is 5.69 Å². The van der Waals surface area contributed by atoms with Crippen LogP contribution < -0.4 is 5.32 Å². The van der Waals surface area contributed by atoms with Gasteiger partial charge in [0.05, 0.1) is 17.6 Å². The molecule has 0 aliphatic carbocycles. The Hall–Kier alpha value is -1.82. The molecule has 1 atom stereocenters. The third kappa shape index (κ3) is 2.81. The highest BCUT2D eigenvalue weighted by atomic mass is 16.6. The van der Waals surface area contributed by atoms with Crippen molar-refractivity contribution in [2.75, 3.05) is 11.9 Å². The van der Waals surface area contributed by atoms with Gasteiger partial charge in [0.15, 0.2) is 0 Å². The smallest absolute Gasteiger partial charge is 0.296 e. The van der Waals surface area contributed by atoms with Crippen LogP contribution in [0.3, 0.4) is 0 Å². The summed E-state index contributed by atoms with van der Waals surface area (Å²) in [6.45, 7) is 1.56. The molecule has 0 spiro atoms. The van der Waals surface area contributed by atoms with Crippen LogP contribution in [0, 0.1) is 10.1 Å². The number of rotatable bonds is 4. The lowest BCUT2D eigenvalue weighted by molar-refractivity contribution is -0.384. The van der Waals surface area contributed by atoms with Gasteiger partial charge in [-0.2, -0.15) is 0 Å². The first kappa shape index (κ1) is 11.3. The number of nitrogens with one attached hydrogen (secondary N) is 1. The SMILES string of the molecule is CC(CO)Nc1ccc(O)cc1[N+](=O)[O-]. The Morgan fingerprint density at radius 2 is 2.27 bits per heavy atom. The van der Waals surface area contributed by atoms with E-state index in [-0.39, 0.29) is 29.8 Å². The fraction of sp³-hybridized carbons (Fsp3) is 0.333. The monoisotopic (exact) mass is 212 g/mol. The molecule has 0 saturated heterocycles. The van der Waals surface area contributed by atoms with E-state index in [1.807, 2.05) is 0 Å². The summed E-state index contributed by atoms with van der Waals surface area (Å²) in [5.41, 5.74) is 0.0645. The van der Waals surface area contributed by atoms with Crippen LogP contribution >= 0.6 is 0 Å².